The predicted octanol–water partition coefficient (Wildman–Crippen LogP) is 3.00. The Labute approximate surface area is 113 Å². The van der Waals surface area contributed by atoms with Crippen LogP contribution in [0.2, 0.25) is 0 Å². The standard InChI is InChI=1S/C15H20FNO2/c1-12(19-14-8-6-13(16)7-9-14)15(18)17-10-4-2-3-5-11-17/h6-9,12H,2-5,10-11H2,1H3. The fourth-order valence-electron chi connectivity index (χ4n) is 2.32. The highest BCUT2D eigenvalue weighted by Crippen LogP contribution is 2.16. The average Bonchev–Trinajstić information content (AvgIpc) is 2.69. The first-order valence-corrected chi connectivity index (χ1v) is 6.88. The van der Waals surface area contributed by atoms with Crippen molar-refractivity contribution in [1.29, 1.82) is 0 Å². The second-order valence-electron chi connectivity index (χ2n) is 4.95. The summed E-state index contributed by atoms with van der Waals surface area (Å²) in [6.45, 7) is 3.38. The number of hydrogen-bond acceptors (Lipinski definition) is 2. The normalized spacial score (nSPS) is 17.7. The summed E-state index contributed by atoms with van der Waals surface area (Å²) in [5.74, 6) is 0.238. The molecule has 1 aromatic carbocycles. The quantitative estimate of drug-likeness (QED) is 0.841. The summed E-state index contributed by atoms with van der Waals surface area (Å²) < 4.78 is 18.4. The van der Waals surface area contributed by atoms with Crippen LogP contribution < -0.4 is 4.74 Å². The molecule has 0 saturated carbocycles. The highest BCUT2D eigenvalue weighted by atomic mass is 19.1. The Morgan fingerprint density at radius 2 is 1.74 bits per heavy atom. The Morgan fingerprint density at radius 3 is 2.32 bits per heavy atom. The highest BCUT2D eigenvalue weighted by molar-refractivity contribution is 5.80. The first kappa shape index (κ1) is 13.8. The molecule has 1 fully saturated rings. The monoisotopic (exact) mass is 265 g/mol. The van der Waals surface area contributed by atoms with Crippen LogP contribution in [0, 0.1) is 5.82 Å². The second kappa shape index (κ2) is 6.55. The van der Waals surface area contributed by atoms with Crippen molar-refractivity contribution in [3.05, 3.63) is 30.1 Å². The zero-order valence-corrected chi connectivity index (χ0v) is 11.3. The molecule has 0 aliphatic carbocycles. The molecule has 4 heteroatoms. The molecule has 1 heterocycles. The van der Waals surface area contributed by atoms with E-state index < -0.39 is 6.10 Å². The number of likely N-dealkylation sites (tertiary alicyclic amines) is 1. The van der Waals surface area contributed by atoms with E-state index in [1.807, 2.05) is 4.90 Å². The number of hydrogen-bond donors (Lipinski definition) is 0. The molecule has 0 bridgehead atoms. The van der Waals surface area contributed by atoms with E-state index in [0.717, 1.165) is 25.9 Å². The number of benzene rings is 1. The molecule has 19 heavy (non-hydrogen) atoms. The van der Waals surface area contributed by atoms with E-state index in [1.165, 1.54) is 25.0 Å². The number of ether oxygens (including phenoxy) is 1. The van der Waals surface area contributed by atoms with E-state index in [1.54, 1.807) is 19.1 Å². The van der Waals surface area contributed by atoms with E-state index in [9.17, 15) is 9.18 Å². The molecule has 0 aromatic heterocycles. The van der Waals surface area contributed by atoms with Gasteiger partial charge in [-0.15, -0.1) is 0 Å². The van der Waals surface area contributed by atoms with Crippen LogP contribution in [0.5, 0.6) is 5.75 Å². The first-order valence-electron chi connectivity index (χ1n) is 6.88. The Balaban J connectivity index is 1.92. The molecule has 3 nitrogen and oxygen atoms in total. The molecule has 2 rings (SSSR count). The van der Waals surface area contributed by atoms with Gasteiger partial charge in [0.2, 0.25) is 0 Å². The van der Waals surface area contributed by atoms with Crippen LogP contribution >= 0.6 is 0 Å². The number of nitrogens with zero attached hydrogens (tertiary/aromatic N) is 1. The molecule has 1 atom stereocenters. The number of rotatable bonds is 3. The van der Waals surface area contributed by atoms with Crippen LogP contribution in [0.3, 0.4) is 0 Å². The SMILES string of the molecule is CC(Oc1ccc(F)cc1)C(=O)N1CCCCCC1. The van der Waals surface area contributed by atoms with Crippen molar-refractivity contribution in [3.8, 4) is 5.75 Å². The lowest BCUT2D eigenvalue weighted by Crippen LogP contribution is -2.40. The number of carbonyl (C=O) groups is 1. The molecule has 1 saturated heterocycles. The third-order valence-electron chi connectivity index (χ3n) is 3.39. The largest absolute Gasteiger partial charge is 0.481 e. The smallest absolute Gasteiger partial charge is 0.263 e. The van der Waals surface area contributed by atoms with Crippen molar-refractivity contribution in [2.24, 2.45) is 0 Å². The lowest BCUT2D eigenvalue weighted by atomic mass is 10.2. The van der Waals surface area contributed by atoms with Crippen molar-refractivity contribution >= 4 is 5.91 Å². The Kier molecular flexibility index (Phi) is 4.77. The maximum atomic E-state index is 12.8. The zero-order valence-electron chi connectivity index (χ0n) is 11.3. The number of halogens is 1. The average molecular weight is 265 g/mol. The van der Waals surface area contributed by atoms with Crippen molar-refractivity contribution in [1.82, 2.24) is 4.90 Å². The van der Waals surface area contributed by atoms with Crippen LogP contribution in [0.4, 0.5) is 4.39 Å². The van der Waals surface area contributed by atoms with Gasteiger partial charge in [0, 0.05) is 13.1 Å². The molecule has 0 spiro atoms. The summed E-state index contributed by atoms with van der Waals surface area (Å²) in [6.07, 6.45) is 3.99. The van der Waals surface area contributed by atoms with Gasteiger partial charge >= 0.3 is 0 Å². The summed E-state index contributed by atoms with van der Waals surface area (Å²) in [6, 6.07) is 5.75. The maximum Gasteiger partial charge on any atom is 0.263 e. The van der Waals surface area contributed by atoms with Crippen LogP contribution in [0.25, 0.3) is 0 Å². The van der Waals surface area contributed by atoms with Crippen molar-refractivity contribution in [3.63, 3.8) is 0 Å². The van der Waals surface area contributed by atoms with Gasteiger partial charge in [-0.2, -0.15) is 0 Å². The van der Waals surface area contributed by atoms with Gasteiger partial charge in [-0.1, -0.05) is 12.8 Å². The van der Waals surface area contributed by atoms with Gasteiger partial charge in [0.15, 0.2) is 6.10 Å². The van der Waals surface area contributed by atoms with Crippen molar-refractivity contribution in [2.45, 2.75) is 38.7 Å². The summed E-state index contributed by atoms with van der Waals surface area (Å²) in [4.78, 5) is 14.1. The molecule has 1 amide bonds. The van der Waals surface area contributed by atoms with Crippen LogP contribution in [-0.4, -0.2) is 30.0 Å². The minimum absolute atomic E-state index is 0.0197. The van der Waals surface area contributed by atoms with Crippen molar-refractivity contribution in [2.75, 3.05) is 13.1 Å². The van der Waals surface area contributed by atoms with Gasteiger partial charge in [0.25, 0.3) is 5.91 Å². The van der Waals surface area contributed by atoms with E-state index in [-0.39, 0.29) is 11.7 Å². The molecule has 1 aliphatic rings. The van der Waals surface area contributed by atoms with Crippen molar-refractivity contribution < 1.29 is 13.9 Å². The number of carbonyl (C=O) groups excluding carboxylic acids is 1. The third-order valence-corrected chi connectivity index (χ3v) is 3.39. The fourth-order valence-corrected chi connectivity index (χ4v) is 2.32. The van der Waals surface area contributed by atoms with Gasteiger partial charge in [-0.25, -0.2) is 4.39 Å². The topological polar surface area (TPSA) is 29.5 Å². The summed E-state index contributed by atoms with van der Waals surface area (Å²) in [5, 5.41) is 0. The van der Waals surface area contributed by atoms with E-state index >= 15 is 0 Å². The van der Waals surface area contributed by atoms with Gasteiger partial charge < -0.3 is 9.64 Å². The van der Waals surface area contributed by atoms with E-state index in [0.29, 0.717) is 5.75 Å². The fraction of sp³-hybridized carbons (Fsp3) is 0.533. The molecular formula is C15H20FNO2. The van der Waals surface area contributed by atoms with Gasteiger partial charge in [0.05, 0.1) is 0 Å². The Morgan fingerprint density at radius 1 is 1.16 bits per heavy atom. The zero-order chi connectivity index (χ0) is 13.7. The summed E-state index contributed by atoms with van der Waals surface area (Å²) >= 11 is 0. The lowest BCUT2D eigenvalue weighted by Gasteiger charge is -2.24. The van der Waals surface area contributed by atoms with E-state index in [2.05, 4.69) is 0 Å². The third kappa shape index (κ3) is 3.94. The minimum atomic E-state index is -0.524. The van der Waals surface area contributed by atoms with Gasteiger partial charge in [-0.05, 0) is 44.0 Å². The first-order chi connectivity index (χ1) is 9.16. The molecular weight excluding hydrogens is 245 g/mol. The number of amides is 1. The van der Waals surface area contributed by atoms with E-state index in [4.69, 9.17) is 4.74 Å². The Bertz CT molecular complexity index is 411. The van der Waals surface area contributed by atoms with Crippen LogP contribution in [0.15, 0.2) is 24.3 Å². The van der Waals surface area contributed by atoms with Gasteiger partial charge in [0.1, 0.15) is 11.6 Å². The molecule has 0 radical (unpaired) electrons. The molecule has 1 aromatic rings. The molecule has 104 valence electrons. The molecule has 0 N–H and O–H groups in total. The predicted molar refractivity (Wildman–Crippen MR) is 71.5 cm³/mol. The lowest BCUT2D eigenvalue weighted by molar-refractivity contribution is -0.137. The summed E-state index contributed by atoms with van der Waals surface area (Å²) in [7, 11) is 0. The Hall–Kier alpha value is -1.58. The van der Waals surface area contributed by atoms with Crippen LogP contribution in [-0.2, 0) is 4.79 Å². The second-order valence-corrected chi connectivity index (χ2v) is 4.95. The molecule has 1 aliphatic heterocycles. The summed E-state index contributed by atoms with van der Waals surface area (Å²) in [5.41, 5.74) is 0. The molecule has 1 unspecified atom stereocenters. The maximum absolute atomic E-state index is 12.8. The van der Waals surface area contributed by atoms with Gasteiger partial charge in [-0.3, -0.25) is 4.79 Å². The van der Waals surface area contributed by atoms with Crippen LogP contribution in [0.1, 0.15) is 32.6 Å². The highest BCUT2D eigenvalue weighted by Gasteiger charge is 2.22. The minimum Gasteiger partial charge on any atom is -0.481 e.